The first-order valence-electron chi connectivity index (χ1n) is 11.0. The lowest BCUT2D eigenvalue weighted by molar-refractivity contribution is 0.0585. The van der Waals surface area contributed by atoms with E-state index in [2.05, 4.69) is 37.9 Å². The van der Waals surface area contributed by atoms with E-state index in [0.29, 0.717) is 12.0 Å². The smallest absolute Gasteiger partial charge is 0.256 e. The van der Waals surface area contributed by atoms with Crippen LogP contribution in [0.3, 0.4) is 0 Å². The number of carbonyl (C=O) groups excluding carboxylic acids is 1. The first-order valence-corrected chi connectivity index (χ1v) is 11.0. The van der Waals surface area contributed by atoms with Crippen LogP contribution in [0.5, 0.6) is 0 Å². The monoisotopic (exact) mass is 390 g/mol. The Morgan fingerprint density at radius 2 is 1.86 bits per heavy atom. The predicted molar refractivity (Wildman–Crippen MR) is 115 cm³/mol. The van der Waals surface area contributed by atoms with E-state index >= 15 is 0 Å². The van der Waals surface area contributed by atoms with Gasteiger partial charge in [0.1, 0.15) is 0 Å². The summed E-state index contributed by atoms with van der Waals surface area (Å²) >= 11 is 0. The molecule has 29 heavy (non-hydrogen) atoms. The van der Waals surface area contributed by atoms with Crippen molar-refractivity contribution in [3.05, 3.63) is 59.9 Å². The molecule has 2 unspecified atom stereocenters. The molecule has 4 aliphatic rings. The molecule has 4 fully saturated rings. The second-order valence-electron chi connectivity index (χ2n) is 8.82. The SMILES string of the molecule is O=C(c1ccccc1N1CCCC1)N1CC2CCC1CN(Cc1cccnc1)C2. The predicted octanol–water partition coefficient (Wildman–Crippen LogP) is 3.42. The van der Waals surface area contributed by atoms with E-state index in [-0.39, 0.29) is 5.91 Å². The molecule has 1 aromatic carbocycles. The maximum atomic E-state index is 13.7. The van der Waals surface area contributed by atoms with Crippen LogP contribution in [0.15, 0.2) is 48.8 Å². The lowest BCUT2D eigenvalue weighted by Gasteiger charge is -2.37. The Balaban J connectivity index is 1.35. The molecule has 152 valence electrons. The summed E-state index contributed by atoms with van der Waals surface area (Å²) in [4.78, 5) is 25.0. The summed E-state index contributed by atoms with van der Waals surface area (Å²) < 4.78 is 0. The highest BCUT2D eigenvalue weighted by molar-refractivity contribution is 6.00. The van der Waals surface area contributed by atoms with Crippen molar-refractivity contribution in [2.45, 2.75) is 38.3 Å². The third-order valence-corrected chi connectivity index (χ3v) is 6.76. The standard InChI is InChI=1S/C24H30N4O/c29-24(22-7-1-2-8-23(22)27-12-3-4-13-27)28-17-20-9-10-21(28)18-26(16-20)15-19-6-5-11-25-14-19/h1-2,5-8,11,14,20-21H,3-4,9-10,12-13,15-18H2. The maximum absolute atomic E-state index is 13.7. The molecule has 2 aromatic rings. The van der Waals surface area contributed by atoms with Gasteiger partial charge < -0.3 is 9.80 Å². The van der Waals surface area contributed by atoms with Gasteiger partial charge in [-0.05, 0) is 55.4 Å². The Bertz CT molecular complexity index is 849. The fourth-order valence-corrected chi connectivity index (χ4v) is 5.35. The van der Waals surface area contributed by atoms with Crippen molar-refractivity contribution in [3.63, 3.8) is 0 Å². The topological polar surface area (TPSA) is 39.7 Å². The molecule has 5 heterocycles. The molecular formula is C24H30N4O. The van der Waals surface area contributed by atoms with Crippen molar-refractivity contribution in [2.24, 2.45) is 5.92 Å². The van der Waals surface area contributed by atoms with E-state index in [9.17, 15) is 4.79 Å². The second-order valence-corrected chi connectivity index (χ2v) is 8.82. The normalized spacial score (nSPS) is 24.7. The molecule has 5 nitrogen and oxygen atoms in total. The van der Waals surface area contributed by atoms with E-state index in [1.807, 2.05) is 30.6 Å². The zero-order valence-corrected chi connectivity index (χ0v) is 17.0. The molecule has 0 radical (unpaired) electrons. The van der Waals surface area contributed by atoms with Crippen LogP contribution in [0, 0.1) is 5.92 Å². The Kier molecular flexibility index (Phi) is 5.23. The highest BCUT2D eigenvalue weighted by Gasteiger charge is 2.38. The number of benzene rings is 1. The minimum Gasteiger partial charge on any atom is -0.371 e. The third kappa shape index (κ3) is 3.88. The Morgan fingerprint density at radius 1 is 1.00 bits per heavy atom. The van der Waals surface area contributed by atoms with Gasteiger partial charge in [-0.15, -0.1) is 0 Å². The third-order valence-electron chi connectivity index (χ3n) is 6.76. The van der Waals surface area contributed by atoms with Crippen molar-refractivity contribution < 1.29 is 4.79 Å². The number of aromatic nitrogens is 1. The van der Waals surface area contributed by atoms with E-state index in [0.717, 1.165) is 56.9 Å². The fraction of sp³-hybridized carbons (Fsp3) is 0.500. The van der Waals surface area contributed by atoms with Crippen LogP contribution in [0.25, 0.3) is 0 Å². The van der Waals surface area contributed by atoms with Gasteiger partial charge >= 0.3 is 0 Å². The first kappa shape index (κ1) is 18.6. The summed E-state index contributed by atoms with van der Waals surface area (Å²) in [6.45, 7) is 5.98. The summed E-state index contributed by atoms with van der Waals surface area (Å²) in [5.41, 5.74) is 3.27. The average molecular weight is 391 g/mol. The van der Waals surface area contributed by atoms with E-state index in [1.54, 1.807) is 0 Å². The van der Waals surface area contributed by atoms with Crippen molar-refractivity contribution in [3.8, 4) is 0 Å². The molecule has 1 amide bonds. The van der Waals surface area contributed by atoms with Crippen LogP contribution in [-0.4, -0.2) is 59.5 Å². The maximum Gasteiger partial charge on any atom is 0.256 e. The summed E-state index contributed by atoms with van der Waals surface area (Å²) in [6.07, 6.45) is 8.58. The van der Waals surface area contributed by atoms with Gasteiger partial charge in [0, 0.05) is 63.4 Å². The molecule has 2 bridgehead atoms. The lowest BCUT2D eigenvalue weighted by atomic mass is 9.94. The number of hydrogen-bond acceptors (Lipinski definition) is 4. The number of fused-ring (bicyclic) bond motifs is 4. The zero-order chi connectivity index (χ0) is 19.6. The lowest BCUT2D eigenvalue weighted by Crippen LogP contribution is -2.47. The second kappa shape index (κ2) is 8.15. The van der Waals surface area contributed by atoms with Gasteiger partial charge in [-0.2, -0.15) is 0 Å². The van der Waals surface area contributed by atoms with Gasteiger partial charge in [0.25, 0.3) is 5.91 Å². The van der Waals surface area contributed by atoms with E-state index < -0.39 is 0 Å². The molecule has 5 heteroatoms. The molecule has 2 atom stereocenters. The summed E-state index contributed by atoms with van der Waals surface area (Å²) in [5.74, 6) is 0.791. The molecule has 1 aromatic heterocycles. The summed E-state index contributed by atoms with van der Waals surface area (Å²) in [7, 11) is 0. The summed E-state index contributed by atoms with van der Waals surface area (Å²) in [6, 6.07) is 12.7. The number of pyridine rings is 1. The van der Waals surface area contributed by atoms with Crippen molar-refractivity contribution >= 4 is 11.6 Å². The van der Waals surface area contributed by atoms with Crippen molar-refractivity contribution in [1.82, 2.24) is 14.8 Å². The fourth-order valence-electron chi connectivity index (χ4n) is 5.35. The molecule has 0 aliphatic carbocycles. The highest BCUT2D eigenvalue weighted by atomic mass is 16.2. The van der Waals surface area contributed by atoms with Crippen LogP contribution in [-0.2, 0) is 6.54 Å². The molecular weight excluding hydrogens is 360 g/mol. The molecule has 0 N–H and O–H groups in total. The van der Waals surface area contributed by atoms with Crippen LogP contribution in [0.2, 0.25) is 0 Å². The van der Waals surface area contributed by atoms with E-state index in [1.165, 1.54) is 24.8 Å². The van der Waals surface area contributed by atoms with Crippen LogP contribution < -0.4 is 4.90 Å². The quantitative estimate of drug-likeness (QED) is 0.802. The van der Waals surface area contributed by atoms with Gasteiger partial charge in [-0.25, -0.2) is 0 Å². The number of para-hydroxylation sites is 1. The van der Waals surface area contributed by atoms with E-state index in [4.69, 9.17) is 0 Å². The summed E-state index contributed by atoms with van der Waals surface area (Å²) in [5, 5.41) is 0. The number of anilines is 1. The number of hydrogen-bond donors (Lipinski definition) is 0. The Morgan fingerprint density at radius 3 is 2.69 bits per heavy atom. The Labute approximate surface area is 173 Å². The van der Waals surface area contributed by atoms with Gasteiger partial charge in [0.15, 0.2) is 0 Å². The van der Waals surface area contributed by atoms with Gasteiger partial charge in [-0.1, -0.05) is 18.2 Å². The van der Waals surface area contributed by atoms with Crippen molar-refractivity contribution in [1.29, 1.82) is 0 Å². The molecule has 4 aliphatic heterocycles. The molecule has 0 spiro atoms. The molecule has 0 saturated carbocycles. The number of rotatable bonds is 4. The van der Waals surface area contributed by atoms with Crippen LogP contribution in [0.4, 0.5) is 5.69 Å². The minimum atomic E-state index is 0.227. The first-order chi connectivity index (χ1) is 14.3. The zero-order valence-electron chi connectivity index (χ0n) is 17.0. The van der Waals surface area contributed by atoms with Gasteiger partial charge in [0.05, 0.1) is 5.56 Å². The largest absolute Gasteiger partial charge is 0.371 e. The number of piperidine rings is 1. The van der Waals surface area contributed by atoms with Crippen molar-refractivity contribution in [2.75, 3.05) is 37.6 Å². The highest BCUT2D eigenvalue weighted by Crippen LogP contribution is 2.32. The number of amides is 1. The van der Waals surface area contributed by atoms with Gasteiger partial charge in [0.2, 0.25) is 0 Å². The minimum absolute atomic E-state index is 0.227. The number of nitrogens with zero attached hydrogens (tertiary/aromatic N) is 4. The molecule has 4 saturated heterocycles. The van der Waals surface area contributed by atoms with Crippen LogP contribution in [0.1, 0.15) is 41.6 Å². The van der Waals surface area contributed by atoms with Crippen LogP contribution >= 0.6 is 0 Å². The number of carbonyl (C=O) groups is 1. The average Bonchev–Trinajstić information content (AvgIpc) is 3.16. The van der Waals surface area contributed by atoms with Gasteiger partial charge in [-0.3, -0.25) is 14.7 Å². The Hall–Kier alpha value is -2.40. The molecule has 6 rings (SSSR count).